The number of carbonyl (C=O) groups is 1. The molecule has 84 valence electrons. The predicted molar refractivity (Wildman–Crippen MR) is 72.1 cm³/mol. The number of halogens is 1. The van der Waals surface area contributed by atoms with Gasteiger partial charge in [0.25, 0.3) is 0 Å². The fraction of sp³-hybridized carbons (Fsp3) is 0.200. The van der Waals surface area contributed by atoms with E-state index in [2.05, 4.69) is 10.6 Å². The molecule has 6 heteroatoms. The van der Waals surface area contributed by atoms with Crippen molar-refractivity contribution in [1.29, 1.82) is 0 Å². The molecule has 0 radical (unpaired) electrons. The van der Waals surface area contributed by atoms with Crippen LogP contribution in [0.25, 0.3) is 0 Å². The number of hydrogen-bond acceptors (Lipinski definition) is 3. The Balaban J connectivity index is 1.97. The number of nitrogens with one attached hydrogen (secondary N) is 2. The zero-order chi connectivity index (χ0) is 11.5. The first-order valence-electron chi connectivity index (χ1n) is 4.65. The van der Waals surface area contributed by atoms with Crippen molar-refractivity contribution in [3.05, 3.63) is 29.3 Å². The van der Waals surface area contributed by atoms with E-state index in [4.69, 9.17) is 23.8 Å². The van der Waals surface area contributed by atoms with Gasteiger partial charge in [-0.15, -0.1) is 0 Å². The lowest BCUT2D eigenvalue weighted by molar-refractivity contribution is -0.117. The number of rotatable bonds is 2. The Morgan fingerprint density at radius 3 is 2.75 bits per heavy atom. The highest BCUT2D eigenvalue weighted by Gasteiger charge is 2.25. The first-order chi connectivity index (χ1) is 7.65. The molecule has 16 heavy (non-hydrogen) atoms. The van der Waals surface area contributed by atoms with Gasteiger partial charge in [0.15, 0.2) is 0 Å². The van der Waals surface area contributed by atoms with Crippen LogP contribution in [0, 0.1) is 0 Å². The molecule has 1 unspecified atom stereocenters. The van der Waals surface area contributed by atoms with E-state index in [1.54, 1.807) is 24.3 Å². The largest absolute Gasteiger partial charge is 0.359 e. The van der Waals surface area contributed by atoms with Crippen molar-refractivity contribution in [1.82, 2.24) is 5.32 Å². The van der Waals surface area contributed by atoms with E-state index in [9.17, 15) is 4.79 Å². The predicted octanol–water partition coefficient (Wildman–Crippen LogP) is 2.27. The van der Waals surface area contributed by atoms with Crippen LogP contribution in [0.15, 0.2) is 24.3 Å². The lowest BCUT2D eigenvalue weighted by Gasteiger charge is -2.10. The van der Waals surface area contributed by atoms with Gasteiger partial charge in [0, 0.05) is 16.5 Å². The van der Waals surface area contributed by atoms with E-state index in [0.717, 1.165) is 5.69 Å². The third-order valence-corrected chi connectivity index (χ3v) is 3.70. The highest BCUT2D eigenvalue weighted by Crippen LogP contribution is 2.17. The maximum atomic E-state index is 11.8. The zero-order valence-electron chi connectivity index (χ0n) is 8.20. The number of thioether (sulfide) groups is 1. The van der Waals surface area contributed by atoms with Gasteiger partial charge >= 0.3 is 0 Å². The first-order valence-corrected chi connectivity index (χ1v) is 6.42. The molecule has 1 aromatic rings. The molecule has 1 aliphatic rings. The molecule has 0 saturated carbocycles. The number of thiocarbonyl (C=S) groups is 1. The summed E-state index contributed by atoms with van der Waals surface area (Å²) in [6.07, 6.45) is 0. The minimum Gasteiger partial charge on any atom is -0.359 e. The van der Waals surface area contributed by atoms with Crippen molar-refractivity contribution in [3.63, 3.8) is 0 Å². The number of anilines is 1. The van der Waals surface area contributed by atoms with Crippen LogP contribution in [0.5, 0.6) is 0 Å². The molecule has 1 aromatic carbocycles. The van der Waals surface area contributed by atoms with Gasteiger partial charge in [-0.3, -0.25) is 4.79 Å². The van der Waals surface area contributed by atoms with Crippen LogP contribution < -0.4 is 10.6 Å². The van der Waals surface area contributed by atoms with Gasteiger partial charge in [0.2, 0.25) is 5.91 Å². The summed E-state index contributed by atoms with van der Waals surface area (Å²) < 4.78 is 0.677. The summed E-state index contributed by atoms with van der Waals surface area (Å²) in [5.74, 6) is 0.604. The van der Waals surface area contributed by atoms with E-state index < -0.39 is 0 Å². The summed E-state index contributed by atoms with van der Waals surface area (Å²) in [6.45, 7) is 0. The first kappa shape index (κ1) is 11.7. The van der Waals surface area contributed by atoms with Gasteiger partial charge in [-0.1, -0.05) is 35.6 Å². The molecule has 1 heterocycles. The molecule has 1 atom stereocenters. The van der Waals surface area contributed by atoms with Crippen molar-refractivity contribution >= 4 is 51.5 Å². The molecular weight excluding hydrogens is 264 g/mol. The molecule has 0 bridgehead atoms. The maximum Gasteiger partial charge on any atom is 0.247 e. The van der Waals surface area contributed by atoms with Crippen LogP contribution >= 0.6 is 35.6 Å². The van der Waals surface area contributed by atoms with E-state index in [1.165, 1.54) is 11.8 Å². The Morgan fingerprint density at radius 2 is 2.19 bits per heavy atom. The Bertz CT molecular complexity index is 421. The van der Waals surface area contributed by atoms with Crippen molar-refractivity contribution in [2.45, 2.75) is 6.04 Å². The Kier molecular flexibility index (Phi) is 3.68. The second kappa shape index (κ2) is 5.03. The second-order valence-corrected chi connectivity index (χ2v) is 5.42. The van der Waals surface area contributed by atoms with Crippen molar-refractivity contribution in [2.24, 2.45) is 0 Å². The lowest BCUT2D eigenvalue weighted by Crippen LogP contribution is -2.38. The summed E-state index contributed by atoms with van der Waals surface area (Å²) in [5.41, 5.74) is 0.735. The van der Waals surface area contributed by atoms with Crippen LogP contribution in [0.3, 0.4) is 0 Å². The summed E-state index contributed by atoms with van der Waals surface area (Å²) in [5, 5.41) is 6.39. The minimum atomic E-state index is -0.242. The van der Waals surface area contributed by atoms with Gasteiger partial charge in [0.05, 0.1) is 0 Å². The topological polar surface area (TPSA) is 41.1 Å². The van der Waals surface area contributed by atoms with Gasteiger partial charge in [-0.25, -0.2) is 0 Å². The van der Waals surface area contributed by atoms with E-state index in [1.807, 2.05) is 0 Å². The van der Waals surface area contributed by atoms with Crippen LogP contribution in [0.2, 0.25) is 5.02 Å². The number of benzene rings is 1. The Morgan fingerprint density at radius 1 is 1.50 bits per heavy atom. The molecule has 1 amide bonds. The van der Waals surface area contributed by atoms with Gasteiger partial charge in [0.1, 0.15) is 10.4 Å². The van der Waals surface area contributed by atoms with Crippen molar-refractivity contribution in [2.75, 3.05) is 11.1 Å². The van der Waals surface area contributed by atoms with Crippen LogP contribution in [0.4, 0.5) is 5.69 Å². The van der Waals surface area contributed by atoms with Crippen molar-refractivity contribution < 1.29 is 4.79 Å². The average molecular weight is 273 g/mol. The summed E-state index contributed by atoms with van der Waals surface area (Å²) in [7, 11) is 0. The van der Waals surface area contributed by atoms with Gasteiger partial charge in [-0.2, -0.15) is 0 Å². The molecular formula is C10H9ClN2OS2. The second-order valence-electron chi connectivity index (χ2n) is 3.29. The summed E-state index contributed by atoms with van der Waals surface area (Å²) in [6, 6.07) is 6.76. The molecule has 0 spiro atoms. The number of hydrogen-bond donors (Lipinski definition) is 2. The van der Waals surface area contributed by atoms with Gasteiger partial charge in [-0.05, 0) is 24.3 Å². The van der Waals surface area contributed by atoms with E-state index in [0.29, 0.717) is 15.1 Å². The molecule has 1 aliphatic heterocycles. The minimum absolute atomic E-state index is 0.0744. The van der Waals surface area contributed by atoms with E-state index >= 15 is 0 Å². The van der Waals surface area contributed by atoms with Crippen molar-refractivity contribution in [3.8, 4) is 0 Å². The molecule has 0 aromatic heterocycles. The fourth-order valence-electron chi connectivity index (χ4n) is 1.29. The molecule has 3 nitrogen and oxygen atoms in total. The molecule has 2 rings (SSSR count). The lowest BCUT2D eigenvalue weighted by atomic mass is 10.3. The molecule has 1 fully saturated rings. The fourth-order valence-corrected chi connectivity index (χ4v) is 2.54. The Labute approximate surface area is 108 Å². The Hall–Kier alpha value is -0.780. The molecule has 0 aliphatic carbocycles. The number of amides is 1. The third kappa shape index (κ3) is 2.87. The average Bonchev–Trinajstić information content (AvgIpc) is 2.68. The normalized spacial score (nSPS) is 19.3. The smallest absolute Gasteiger partial charge is 0.247 e. The summed E-state index contributed by atoms with van der Waals surface area (Å²) >= 11 is 12.2. The monoisotopic (exact) mass is 272 g/mol. The highest BCUT2D eigenvalue weighted by atomic mass is 35.5. The van der Waals surface area contributed by atoms with Crippen LogP contribution in [-0.4, -0.2) is 22.0 Å². The zero-order valence-corrected chi connectivity index (χ0v) is 10.6. The van der Waals surface area contributed by atoms with Crippen LogP contribution in [0.1, 0.15) is 0 Å². The molecule has 1 saturated heterocycles. The van der Waals surface area contributed by atoms with Gasteiger partial charge < -0.3 is 10.6 Å². The standard InChI is InChI=1S/C10H9ClN2OS2/c11-6-1-3-7(4-2-6)12-9(14)8-5-16-10(15)13-8/h1-4,8H,5H2,(H,12,14)(H,13,15). The molecule has 2 N–H and O–H groups in total. The van der Waals surface area contributed by atoms with E-state index in [-0.39, 0.29) is 11.9 Å². The highest BCUT2D eigenvalue weighted by molar-refractivity contribution is 8.23. The summed E-state index contributed by atoms with van der Waals surface area (Å²) in [4.78, 5) is 11.8. The number of carbonyl (C=O) groups excluding carboxylic acids is 1. The third-order valence-electron chi connectivity index (χ3n) is 2.10. The van der Waals surface area contributed by atoms with Crippen LogP contribution in [-0.2, 0) is 4.79 Å². The SMILES string of the molecule is O=C(Nc1ccc(Cl)cc1)C1CSC(=S)N1. The quantitative estimate of drug-likeness (QED) is 0.811. The maximum absolute atomic E-state index is 11.8.